The molecule has 0 amide bonds. The zero-order valence-electron chi connectivity index (χ0n) is 14.1. The lowest BCUT2D eigenvalue weighted by Gasteiger charge is -2.15. The number of carboxylic acid groups (broad SMARTS) is 1. The quantitative estimate of drug-likeness (QED) is 0.479. The highest BCUT2D eigenvalue weighted by Crippen LogP contribution is 2.37. The van der Waals surface area contributed by atoms with Gasteiger partial charge < -0.3 is 19.3 Å². The lowest BCUT2D eigenvalue weighted by Crippen LogP contribution is -2.10. The molecule has 0 spiro atoms. The average molecular weight is 397 g/mol. The summed E-state index contributed by atoms with van der Waals surface area (Å²) in [6.45, 7) is 2.74. The first-order valence-electron chi connectivity index (χ1n) is 7.88. The molecule has 0 aliphatic carbocycles. The lowest BCUT2D eigenvalue weighted by atomic mass is 10.2. The molecule has 0 heterocycles. The minimum atomic E-state index is -1.05. The molecule has 5 nitrogen and oxygen atoms in total. The number of para-hydroxylation sites is 1. The van der Waals surface area contributed by atoms with Gasteiger partial charge in [0, 0.05) is 6.08 Å². The highest BCUT2D eigenvalue weighted by molar-refractivity contribution is 6.32. The molecule has 26 heavy (non-hydrogen) atoms. The summed E-state index contributed by atoms with van der Waals surface area (Å²) in [4.78, 5) is 10.7. The summed E-state index contributed by atoms with van der Waals surface area (Å²) in [5.41, 5.74) is 0.598. The fourth-order valence-corrected chi connectivity index (χ4v) is 2.58. The smallest absolute Gasteiger partial charge is 0.328 e. The van der Waals surface area contributed by atoms with Gasteiger partial charge in [-0.05, 0) is 42.8 Å². The number of carboxylic acids is 1. The maximum atomic E-state index is 10.7. The van der Waals surface area contributed by atoms with E-state index in [4.69, 9.17) is 42.5 Å². The zero-order valence-corrected chi connectivity index (χ0v) is 15.6. The second-order valence-corrected chi connectivity index (χ2v) is 5.88. The normalized spacial score (nSPS) is 10.7. The van der Waals surface area contributed by atoms with Crippen molar-refractivity contribution in [2.75, 3.05) is 19.8 Å². The monoisotopic (exact) mass is 396 g/mol. The molecule has 0 radical (unpaired) electrons. The van der Waals surface area contributed by atoms with Gasteiger partial charge in [-0.2, -0.15) is 0 Å². The highest BCUT2D eigenvalue weighted by atomic mass is 35.5. The third kappa shape index (κ3) is 5.86. The van der Waals surface area contributed by atoms with Crippen LogP contribution in [0.25, 0.3) is 6.08 Å². The van der Waals surface area contributed by atoms with Gasteiger partial charge in [-0.15, -0.1) is 0 Å². The van der Waals surface area contributed by atoms with Gasteiger partial charge in [-0.3, -0.25) is 0 Å². The van der Waals surface area contributed by atoms with Crippen molar-refractivity contribution >= 4 is 35.2 Å². The number of rotatable bonds is 9. The Morgan fingerprint density at radius 2 is 1.77 bits per heavy atom. The molecule has 0 aromatic heterocycles. The molecule has 0 bridgehead atoms. The van der Waals surface area contributed by atoms with Gasteiger partial charge in [0.1, 0.15) is 19.0 Å². The molecular formula is C19H18Cl2O5. The first kappa shape index (κ1) is 19.9. The van der Waals surface area contributed by atoms with Crippen LogP contribution in [0.4, 0.5) is 0 Å². The number of carbonyl (C=O) groups is 1. The first-order valence-corrected chi connectivity index (χ1v) is 8.64. The molecule has 0 saturated carbocycles. The Morgan fingerprint density at radius 1 is 1.04 bits per heavy atom. The number of benzene rings is 2. The van der Waals surface area contributed by atoms with Crippen molar-refractivity contribution in [3.05, 3.63) is 58.1 Å². The van der Waals surface area contributed by atoms with Crippen LogP contribution in [0.5, 0.6) is 17.2 Å². The van der Waals surface area contributed by atoms with Gasteiger partial charge >= 0.3 is 5.97 Å². The van der Waals surface area contributed by atoms with Crippen molar-refractivity contribution < 1.29 is 24.1 Å². The van der Waals surface area contributed by atoms with E-state index in [9.17, 15) is 4.79 Å². The molecule has 0 aliphatic heterocycles. The van der Waals surface area contributed by atoms with Gasteiger partial charge in [0.2, 0.25) is 0 Å². The molecular weight excluding hydrogens is 379 g/mol. The van der Waals surface area contributed by atoms with E-state index in [0.29, 0.717) is 39.5 Å². The Bertz CT molecular complexity index is 789. The third-order valence-corrected chi connectivity index (χ3v) is 3.77. The molecule has 2 rings (SSSR count). The van der Waals surface area contributed by atoms with Crippen LogP contribution in [0.1, 0.15) is 12.5 Å². The first-order chi connectivity index (χ1) is 12.5. The van der Waals surface area contributed by atoms with Gasteiger partial charge in [0.15, 0.2) is 11.5 Å². The van der Waals surface area contributed by atoms with Crippen LogP contribution >= 0.6 is 23.2 Å². The van der Waals surface area contributed by atoms with Crippen molar-refractivity contribution in [2.45, 2.75) is 6.92 Å². The predicted molar refractivity (Wildman–Crippen MR) is 102 cm³/mol. The summed E-state index contributed by atoms with van der Waals surface area (Å²) in [6.07, 6.45) is 2.46. The van der Waals surface area contributed by atoms with E-state index in [2.05, 4.69) is 0 Å². The molecule has 138 valence electrons. The summed E-state index contributed by atoms with van der Waals surface area (Å²) in [6, 6.07) is 10.4. The van der Waals surface area contributed by atoms with Gasteiger partial charge in [0.25, 0.3) is 0 Å². The minimum absolute atomic E-state index is 0.231. The maximum Gasteiger partial charge on any atom is 0.328 e. The molecule has 2 aromatic carbocycles. The van der Waals surface area contributed by atoms with Crippen LogP contribution in [-0.2, 0) is 4.79 Å². The van der Waals surface area contributed by atoms with Crippen LogP contribution in [0, 0.1) is 0 Å². The SMILES string of the molecule is CCOc1cc(C=CC(=O)O)cc(Cl)c1OCCOc1ccccc1Cl. The van der Waals surface area contributed by atoms with E-state index in [1.165, 1.54) is 6.08 Å². The topological polar surface area (TPSA) is 65.0 Å². The molecule has 0 fully saturated rings. The van der Waals surface area contributed by atoms with Crippen molar-refractivity contribution in [3.63, 3.8) is 0 Å². The highest BCUT2D eigenvalue weighted by Gasteiger charge is 2.12. The summed E-state index contributed by atoms with van der Waals surface area (Å²) < 4.78 is 16.8. The van der Waals surface area contributed by atoms with Crippen LogP contribution < -0.4 is 14.2 Å². The van der Waals surface area contributed by atoms with E-state index < -0.39 is 5.97 Å². The number of aliphatic carboxylic acids is 1. The predicted octanol–water partition coefficient (Wildman–Crippen LogP) is 4.95. The van der Waals surface area contributed by atoms with Crippen molar-refractivity contribution in [1.29, 1.82) is 0 Å². The fourth-order valence-electron chi connectivity index (χ4n) is 2.11. The van der Waals surface area contributed by atoms with Crippen molar-refractivity contribution in [1.82, 2.24) is 0 Å². The summed E-state index contributed by atoms with van der Waals surface area (Å²) in [5.74, 6) is 0.339. The lowest BCUT2D eigenvalue weighted by molar-refractivity contribution is -0.131. The van der Waals surface area contributed by atoms with Crippen molar-refractivity contribution in [3.8, 4) is 17.2 Å². The zero-order chi connectivity index (χ0) is 18.9. The number of halogens is 2. The van der Waals surface area contributed by atoms with Gasteiger partial charge in [-0.25, -0.2) is 4.79 Å². The Labute approximate surface area is 161 Å². The van der Waals surface area contributed by atoms with Crippen molar-refractivity contribution in [2.24, 2.45) is 0 Å². The molecule has 2 aromatic rings. The molecule has 0 unspecified atom stereocenters. The largest absolute Gasteiger partial charge is 0.490 e. The van der Waals surface area contributed by atoms with E-state index in [-0.39, 0.29) is 13.2 Å². The molecule has 0 aliphatic rings. The standard InChI is InChI=1S/C19H18Cl2O5/c1-2-24-17-12-13(7-8-18(22)23)11-15(21)19(17)26-10-9-25-16-6-4-3-5-14(16)20/h3-8,11-12H,2,9-10H2,1H3,(H,22,23). The average Bonchev–Trinajstić information content (AvgIpc) is 2.60. The molecule has 0 saturated heterocycles. The van der Waals surface area contributed by atoms with Crippen LogP contribution in [0.3, 0.4) is 0 Å². The Balaban J connectivity index is 2.05. The minimum Gasteiger partial charge on any atom is -0.490 e. The Morgan fingerprint density at radius 3 is 2.46 bits per heavy atom. The second-order valence-electron chi connectivity index (χ2n) is 5.06. The maximum absolute atomic E-state index is 10.7. The van der Waals surface area contributed by atoms with Crippen LogP contribution in [-0.4, -0.2) is 30.9 Å². The third-order valence-electron chi connectivity index (χ3n) is 3.17. The van der Waals surface area contributed by atoms with Crippen LogP contribution in [0.15, 0.2) is 42.5 Å². The molecule has 0 atom stereocenters. The number of hydrogen-bond acceptors (Lipinski definition) is 4. The van der Waals surface area contributed by atoms with Crippen LogP contribution in [0.2, 0.25) is 10.0 Å². The Hall–Kier alpha value is -2.37. The fraction of sp³-hybridized carbons (Fsp3) is 0.211. The van der Waals surface area contributed by atoms with E-state index in [0.717, 1.165) is 6.08 Å². The number of hydrogen-bond donors (Lipinski definition) is 1. The Kier molecular flexibility index (Phi) is 7.63. The summed E-state index contributed by atoms with van der Waals surface area (Å²) in [7, 11) is 0. The van der Waals surface area contributed by atoms with Gasteiger partial charge in [-0.1, -0.05) is 35.3 Å². The van der Waals surface area contributed by atoms with Gasteiger partial charge in [0.05, 0.1) is 16.7 Å². The second kappa shape index (κ2) is 9.94. The number of ether oxygens (including phenoxy) is 3. The van der Waals surface area contributed by atoms with E-state index >= 15 is 0 Å². The molecule has 7 heteroatoms. The van der Waals surface area contributed by atoms with E-state index in [1.54, 1.807) is 24.3 Å². The van der Waals surface area contributed by atoms with E-state index in [1.807, 2.05) is 19.1 Å². The summed E-state index contributed by atoms with van der Waals surface area (Å²) >= 11 is 12.3. The summed E-state index contributed by atoms with van der Waals surface area (Å²) in [5, 5.41) is 9.57. The molecule has 1 N–H and O–H groups in total.